The predicted molar refractivity (Wildman–Crippen MR) is 134 cm³/mol. The van der Waals surface area contributed by atoms with E-state index in [1.807, 2.05) is 42.2 Å². The highest BCUT2D eigenvalue weighted by Crippen LogP contribution is 2.30. The molecule has 0 unspecified atom stereocenters. The minimum absolute atomic E-state index is 0.115. The number of pyridine rings is 1. The summed E-state index contributed by atoms with van der Waals surface area (Å²) in [6.07, 6.45) is 0.138. The smallest absolute Gasteiger partial charge is 0.416 e. The first-order valence-electron chi connectivity index (χ1n) is 12.0. The third kappa shape index (κ3) is 7.66. The van der Waals surface area contributed by atoms with Crippen molar-refractivity contribution in [1.29, 1.82) is 0 Å². The number of ether oxygens (including phenoxy) is 1. The van der Waals surface area contributed by atoms with Crippen LogP contribution < -0.4 is 10.1 Å². The number of carbonyl (C=O) groups excluding carboxylic acids is 1. The molecule has 7 nitrogen and oxygen atoms in total. The Labute approximate surface area is 218 Å². The molecular formula is C28H27F3N4O3. The van der Waals surface area contributed by atoms with Crippen molar-refractivity contribution < 1.29 is 27.1 Å². The third-order valence-electron chi connectivity index (χ3n) is 5.62. The Morgan fingerprint density at radius 1 is 1.00 bits per heavy atom. The molecule has 2 aromatic heterocycles. The van der Waals surface area contributed by atoms with Gasteiger partial charge in [-0.25, -0.2) is 4.98 Å². The van der Waals surface area contributed by atoms with Crippen LogP contribution in [0, 0.1) is 0 Å². The van der Waals surface area contributed by atoms with E-state index in [1.165, 1.54) is 12.3 Å². The van der Waals surface area contributed by atoms with Crippen LogP contribution in [-0.4, -0.2) is 27.4 Å². The summed E-state index contributed by atoms with van der Waals surface area (Å²) in [5.74, 6) is 0.601. The second kappa shape index (κ2) is 12.4. The van der Waals surface area contributed by atoms with E-state index in [4.69, 9.17) is 9.15 Å². The van der Waals surface area contributed by atoms with Crippen molar-refractivity contribution in [3.63, 3.8) is 0 Å². The molecule has 2 aromatic carbocycles. The van der Waals surface area contributed by atoms with Crippen molar-refractivity contribution in [1.82, 2.24) is 20.2 Å². The van der Waals surface area contributed by atoms with Gasteiger partial charge < -0.3 is 14.5 Å². The lowest BCUT2D eigenvalue weighted by molar-refractivity contribution is -0.137. The molecule has 4 aromatic rings. The van der Waals surface area contributed by atoms with Gasteiger partial charge in [-0.15, -0.1) is 0 Å². The van der Waals surface area contributed by atoms with Gasteiger partial charge in [0.2, 0.25) is 5.89 Å². The summed E-state index contributed by atoms with van der Waals surface area (Å²) in [4.78, 5) is 22.7. The van der Waals surface area contributed by atoms with Crippen molar-refractivity contribution in [2.45, 2.75) is 39.3 Å². The number of halogens is 3. The Bertz CT molecular complexity index is 1330. The van der Waals surface area contributed by atoms with Gasteiger partial charge >= 0.3 is 6.18 Å². The standard InChI is InChI=1S/C28H27F3N4O3/c1-2-37-24-10-8-20(9-11-24)16-35(17-21-5-3-7-23(13-21)28(29,30)31)18-26-34-25(19-38-26)27(36)33-15-22-6-4-12-32-14-22/h3-14,19H,2,15-18H2,1H3,(H,33,36). The van der Waals surface area contributed by atoms with Crippen molar-refractivity contribution >= 4 is 5.91 Å². The summed E-state index contributed by atoms with van der Waals surface area (Å²) in [5.41, 5.74) is 1.67. The lowest BCUT2D eigenvalue weighted by Gasteiger charge is -2.22. The van der Waals surface area contributed by atoms with E-state index in [9.17, 15) is 18.0 Å². The van der Waals surface area contributed by atoms with Crippen LogP contribution in [0.4, 0.5) is 13.2 Å². The molecule has 0 fully saturated rings. The second-order valence-electron chi connectivity index (χ2n) is 8.59. The molecule has 10 heteroatoms. The van der Waals surface area contributed by atoms with E-state index in [-0.39, 0.29) is 31.2 Å². The van der Waals surface area contributed by atoms with Crippen molar-refractivity contribution in [3.8, 4) is 5.75 Å². The van der Waals surface area contributed by atoms with E-state index < -0.39 is 17.6 Å². The van der Waals surface area contributed by atoms with Crippen LogP contribution in [0.2, 0.25) is 0 Å². The quantitative estimate of drug-likeness (QED) is 0.274. The van der Waals surface area contributed by atoms with E-state index in [0.717, 1.165) is 29.0 Å². The highest BCUT2D eigenvalue weighted by atomic mass is 19.4. The van der Waals surface area contributed by atoms with Crippen LogP contribution in [0.1, 0.15) is 45.6 Å². The molecule has 198 valence electrons. The molecule has 38 heavy (non-hydrogen) atoms. The zero-order chi connectivity index (χ0) is 27.0. The number of benzene rings is 2. The van der Waals surface area contributed by atoms with Crippen LogP contribution in [0.25, 0.3) is 0 Å². The Morgan fingerprint density at radius 3 is 2.47 bits per heavy atom. The highest BCUT2D eigenvalue weighted by Gasteiger charge is 2.30. The van der Waals surface area contributed by atoms with Gasteiger partial charge in [0.1, 0.15) is 12.0 Å². The number of aromatic nitrogens is 2. The number of hydrogen-bond donors (Lipinski definition) is 1. The summed E-state index contributed by atoms with van der Waals surface area (Å²) < 4.78 is 50.8. The number of alkyl halides is 3. The number of hydrogen-bond acceptors (Lipinski definition) is 6. The minimum Gasteiger partial charge on any atom is -0.494 e. The number of rotatable bonds is 11. The second-order valence-corrected chi connectivity index (χ2v) is 8.59. The number of amides is 1. The van der Waals surface area contributed by atoms with Crippen LogP contribution in [-0.2, 0) is 32.4 Å². The molecule has 0 bridgehead atoms. The maximum absolute atomic E-state index is 13.3. The molecule has 0 saturated heterocycles. The molecule has 0 aliphatic heterocycles. The fraction of sp³-hybridized carbons (Fsp3) is 0.250. The molecule has 4 rings (SSSR count). The normalized spacial score (nSPS) is 11.5. The Balaban J connectivity index is 1.48. The lowest BCUT2D eigenvalue weighted by Crippen LogP contribution is -2.24. The number of nitrogens with zero attached hydrogens (tertiary/aromatic N) is 3. The number of carbonyl (C=O) groups is 1. The van der Waals surface area contributed by atoms with Crippen LogP contribution in [0.5, 0.6) is 5.75 Å². The van der Waals surface area contributed by atoms with Crippen molar-refractivity contribution in [3.05, 3.63) is 113 Å². The van der Waals surface area contributed by atoms with Crippen LogP contribution in [0.3, 0.4) is 0 Å². The Morgan fingerprint density at radius 2 is 1.76 bits per heavy atom. The topological polar surface area (TPSA) is 80.5 Å². The molecule has 2 heterocycles. The lowest BCUT2D eigenvalue weighted by atomic mass is 10.1. The van der Waals surface area contributed by atoms with Crippen LogP contribution >= 0.6 is 0 Å². The summed E-state index contributed by atoms with van der Waals surface area (Å²) in [6.45, 7) is 3.53. The summed E-state index contributed by atoms with van der Waals surface area (Å²) >= 11 is 0. The zero-order valence-corrected chi connectivity index (χ0v) is 20.7. The van der Waals surface area contributed by atoms with Gasteiger partial charge in [0, 0.05) is 32.0 Å². The Kier molecular flexibility index (Phi) is 8.75. The SMILES string of the molecule is CCOc1ccc(CN(Cc2cccc(C(F)(F)F)c2)Cc2nc(C(=O)NCc3cccnc3)co2)cc1. The maximum Gasteiger partial charge on any atom is 0.416 e. The molecule has 0 atom stereocenters. The van der Waals surface area contributed by atoms with Gasteiger partial charge in [-0.3, -0.25) is 14.7 Å². The van der Waals surface area contributed by atoms with Gasteiger partial charge in [0.05, 0.1) is 18.7 Å². The first kappa shape index (κ1) is 26.9. The first-order valence-corrected chi connectivity index (χ1v) is 12.0. The molecule has 1 N–H and O–H groups in total. The number of oxazole rings is 1. The van der Waals surface area contributed by atoms with Crippen LogP contribution in [0.15, 0.2) is 83.7 Å². The summed E-state index contributed by atoms with van der Waals surface area (Å²) in [6, 6.07) is 16.3. The van der Waals surface area contributed by atoms with Gasteiger partial charge in [0.25, 0.3) is 5.91 Å². The molecule has 0 aliphatic rings. The molecule has 0 saturated carbocycles. The van der Waals surface area contributed by atoms with E-state index in [1.54, 1.807) is 24.5 Å². The van der Waals surface area contributed by atoms with Gasteiger partial charge in [0.15, 0.2) is 5.69 Å². The highest BCUT2D eigenvalue weighted by molar-refractivity contribution is 5.91. The van der Waals surface area contributed by atoms with Crippen molar-refractivity contribution in [2.75, 3.05) is 6.61 Å². The monoisotopic (exact) mass is 524 g/mol. The maximum atomic E-state index is 13.3. The molecule has 0 radical (unpaired) electrons. The van der Waals surface area contributed by atoms with Gasteiger partial charge in [-0.2, -0.15) is 13.2 Å². The molecule has 0 aliphatic carbocycles. The first-order chi connectivity index (χ1) is 18.3. The Hall–Kier alpha value is -4.18. The van der Waals surface area contributed by atoms with Gasteiger partial charge in [-0.1, -0.05) is 36.4 Å². The summed E-state index contributed by atoms with van der Waals surface area (Å²) in [5, 5.41) is 2.76. The fourth-order valence-electron chi connectivity index (χ4n) is 3.84. The van der Waals surface area contributed by atoms with E-state index >= 15 is 0 Å². The zero-order valence-electron chi connectivity index (χ0n) is 20.7. The summed E-state index contributed by atoms with van der Waals surface area (Å²) in [7, 11) is 0. The van der Waals surface area contributed by atoms with Gasteiger partial charge in [-0.05, 0) is 47.9 Å². The number of nitrogens with one attached hydrogen (secondary N) is 1. The molecule has 1 amide bonds. The molecule has 0 spiro atoms. The average molecular weight is 525 g/mol. The van der Waals surface area contributed by atoms with Crippen molar-refractivity contribution in [2.24, 2.45) is 0 Å². The largest absolute Gasteiger partial charge is 0.494 e. The minimum atomic E-state index is -4.43. The fourth-order valence-corrected chi connectivity index (χ4v) is 3.84. The molecular weight excluding hydrogens is 497 g/mol. The third-order valence-corrected chi connectivity index (χ3v) is 5.62. The predicted octanol–water partition coefficient (Wildman–Crippen LogP) is 5.62. The van der Waals surface area contributed by atoms with E-state index in [2.05, 4.69) is 15.3 Å². The average Bonchev–Trinajstić information content (AvgIpc) is 3.37. The van der Waals surface area contributed by atoms with E-state index in [0.29, 0.717) is 18.7 Å².